The van der Waals surface area contributed by atoms with Crippen LogP contribution in [0.3, 0.4) is 0 Å². The molecule has 2 unspecified atom stereocenters. The first kappa shape index (κ1) is 64.3. The summed E-state index contributed by atoms with van der Waals surface area (Å²) in [6.07, 6.45) is 67.5. The first-order valence-electron chi connectivity index (χ1n) is 29.6. The lowest BCUT2D eigenvalue weighted by atomic mass is 10.0. The maximum absolute atomic E-state index is 12.4. The highest BCUT2D eigenvalue weighted by Crippen LogP contribution is 2.17. The molecule has 0 fully saturated rings. The zero-order valence-electron chi connectivity index (χ0n) is 44.4. The van der Waals surface area contributed by atoms with E-state index in [1.54, 1.807) is 0 Å². The van der Waals surface area contributed by atoms with E-state index < -0.39 is 12.1 Å². The molecule has 0 saturated heterocycles. The highest BCUT2D eigenvalue weighted by Gasteiger charge is 2.20. The van der Waals surface area contributed by atoms with Crippen molar-refractivity contribution >= 4 is 11.9 Å². The van der Waals surface area contributed by atoms with Crippen molar-refractivity contribution in [2.75, 3.05) is 13.2 Å². The monoisotopic (exact) mass is 930 g/mol. The predicted octanol–water partition coefficient (Wildman–Crippen LogP) is 18.2. The molecule has 3 N–H and O–H groups in total. The maximum Gasteiger partial charge on any atom is 0.305 e. The number of carbonyl (C=O) groups is 2. The number of rotatable bonds is 55. The molecular weight excluding hydrogens is 815 g/mol. The van der Waals surface area contributed by atoms with Crippen LogP contribution in [-0.2, 0) is 14.3 Å². The zero-order chi connectivity index (χ0) is 47.9. The molecule has 0 aromatic heterocycles. The van der Waals surface area contributed by atoms with Crippen molar-refractivity contribution in [2.45, 2.75) is 334 Å². The SMILES string of the molecule is CCCCC/C=C\CCCCCCCC(=O)OCCCCCCCCCCCCCC/C=C\CCCCCCCCCCCC(=O)NC(CO)C(O)CCCCCCCCCCCCCC. The van der Waals surface area contributed by atoms with Crippen molar-refractivity contribution in [3.05, 3.63) is 24.3 Å². The lowest BCUT2D eigenvalue weighted by Crippen LogP contribution is -2.45. The number of aliphatic hydroxyl groups excluding tert-OH is 2. The van der Waals surface area contributed by atoms with Gasteiger partial charge in [-0.05, 0) is 77.0 Å². The summed E-state index contributed by atoms with van der Waals surface area (Å²) >= 11 is 0. The fourth-order valence-corrected chi connectivity index (χ4v) is 9.16. The largest absolute Gasteiger partial charge is 0.466 e. The van der Waals surface area contributed by atoms with E-state index in [1.165, 1.54) is 244 Å². The van der Waals surface area contributed by atoms with Gasteiger partial charge in [-0.3, -0.25) is 9.59 Å². The van der Waals surface area contributed by atoms with Crippen LogP contribution in [0.2, 0.25) is 0 Å². The summed E-state index contributed by atoms with van der Waals surface area (Å²) in [7, 11) is 0. The Morgan fingerprint density at radius 3 is 1.11 bits per heavy atom. The number of esters is 1. The van der Waals surface area contributed by atoms with Crippen molar-refractivity contribution in [3.8, 4) is 0 Å². The molecule has 1 amide bonds. The van der Waals surface area contributed by atoms with E-state index in [2.05, 4.69) is 43.5 Å². The smallest absolute Gasteiger partial charge is 0.305 e. The van der Waals surface area contributed by atoms with Gasteiger partial charge in [0.15, 0.2) is 0 Å². The molecule has 6 heteroatoms. The van der Waals surface area contributed by atoms with Crippen LogP contribution in [0.1, 0.15) is 322 Å². The Kier molecular flexibility index (Phi) is 54.5. The zero-order valence-corrected chi connectivity index (χ0v) is 44.4. The highest BCUT2D eigenvalue weighted by atomic mass is 16.5. The topological polar surface area (TPSA) is 95.9 Å². The van der Waals surface area contributed by atoms with E-state index in [9.17, 15) is 19.8 Å². The number of ether oxygens (including phenoxy) is 1. The summed E-state index contributed by atoms with van der Waals surface area (Å²) in [5, 5.41) is 23.2. The van der Waals surface area contributed by atoms with Gasteiger partial charge >= 0.3 is 5.97 Å². The predicted molar refractivity (Wildman–Crippen MR) is 287 cm³/mol. The quantitative estimate of drug-likeness (QED) is 0.0321. The van der Waals surface area contributed by atoms with Crippen molar-refractivity contribution in [1.82, 2.24) is 5.32 Å². The van der Waals surface area contributed by atoms with Crippen molar-refractivity contribution in [2.24, 2.45) is 0 Å². The van der Waals surface area contributed by atoms with Crippen molar-refractivity contribution < 1.29 is 24.5 Å². The molecule has 0 aromatic carbocycles. The molecule has 0 rings (SSSR count). The summed E-state index contributed by atoms with van der Waals surface area (Å²) in [5.74, 6) is -0.0345. The first-order chi connectivity index (χ1) is 32.5. The Labute approximate surface area is 411 Å². The van der Waals surface area contributed by atoms with Crippen LogP contribution in [0.4, 0.5) is 0 Å². The lowest BCUT2D eigenvalue weighted by molar-refractivity contribution is -0.143. The van der Waals surface area contributed by atoms with Gasteiger partial charge in [-0.2, -0.15) is 0 Å². The van der Waals surface area contributed by atoms with Gasteiger partial charge in [0.2, 0.25) is 5.91 Å². The second-order valence-corrected chi connectivity index (χ2v) is 20.3. The third-order valence-electron chi connectivity index (χ3n) is 13.7. The summed E-state index contributed by atoms with van der Waals surface area (Å²) in [6, 6.07) is -0.542. The Morgan fingerprint density at radius 2 is 0.712 bits per heavy atom. The standard InChI is InChI=1S/C60H115NO5/c1-3-5-7-9-11-13-15-32-36-40-44-48-52-58(63)57(56-62)61-59(64)53-49-45-41-37-33-30-28-26-24-22-20-18-17-19-21-23-25-27-29-31-35-39-43-47-51-55-66-60(65)54-50-46-42-38-34-16-14-12-10-8-6-4-2/h12,14,18,20,57-58,62-63H,3-11,13,15-17,19,21-56H2,1-2H3,(H,61,64)/b14-12-,20-18-. The van der Waals surface area contributed by atoms with E-state index in [4.69, 9.17) is 4.74 Å². The molecule has 0 aromatic rings. The van der Waals surface area contributed by atoms with Gasteiger partial charge < -0.3 is 20.3 Å². The van der Waals surface area contributed by atoms with Crippen LogP contribution in [-0.4, -0.2) is 47.4 Å². The van der Waals surface area contributed by atoms with E-state index in [1.807, 2.05) is 0 Å². The first-order valence-corrected chi connectivity index (χ1v) is 29.6. The van der Waals surface area contributed by atoms with Crippen molar-refractivity contribution in [1.29, 1.82) is 0 Å². The molecule has 6 nitrogen and oxygen atoms in total. The van der Waals surface area contributed by atoms with Gasteiger partial charge in [-0.25, -0.2) is 0 Å². The summed E-state index contributed by atoms with van der Waals surface area (Å²) < 4.78 is 5.46. The molecule has 0 aliphatic heterocycles. The van der Waals surface area contributed by atoms with Crippen molar-refractivity contribution in [3.63, 3.8) is 0 Å². The lowest BCUT2D eigenvalue weighted by Gasteiger charge is -2.22. The average Bonchev–Trinajstić information content (AvgIpc) is 3.32. The molecule has 390 valence electrons. The minimum atomic E-state index is -0.664. The van der Waals surface area contributed by atoms with Crippen LogP contribution in [0.5, 0.6) is 0 Å². The maximum atomic E-state index is 12.4. The normalized spacial score (nSPS) is 12.7. The van der Waals surface area contributed by atoms with Crippen LogP contribution < -0.4 is 5.32 Å². The molecule has 0 spiro atoms. The van der Waals surface area contributed by atoms with Gasteiger partial charge in [0.25, 0.3) is 0 Å². The Hall–Kier alpha value is -1.66. The van der Waals surface area contributed by atoms with Crippen LogP contribution >= 0.6 is 0 Å². The van der Waals surface area contributed by atoms with Crippen LogP contribution in [0.25, 0.3) is 0 Å². The summed E-state index contributed by atoms with van der Waals surface area (Å²) in [6.45, 7) is 4.93. The fourth-order valence-electron chi connectivity index (χ4n) is 9.16. The average molecular weight is 931 g/mol. The van der Waals surface area contributed by atoms with E-state index in [0.717, 1.165) is 44.9 Å². The number of nitrogens with one attached hydrogen (secondary N) is 1. The molecule has 0 aliphatic carbocycles. The fraction of sp³-hybridized carbons (Fsp3) is 0.900. The number of carbonyl (C=O) groups excluding carboxylic acids is 2. The third kappa shape index (κ3) is 51.7. The third-order valence-corrected chi connectivity index (χ3v) is 13.7. The molecule has 0 aliphatic rings. The minimum Gasteiger partial charge on any atom is -0.466 e. The van der Waals surface area contributed by atoms with E-state index >= 15 is 0 Å². The molecule has 2 atom stereocenters. The Morgan fingerprint density at radius 1 is 0.409 bits per heavy atom. The second-order valence-electron chi connectivity index (χ2n) is 20.3. The Bertz CT molecular complexity index is 1030. The van der Waals surface area contributed by atoms with E-state index in [0.29, 0.717) is 25.9 Å². The van der Waals surface area contributed by atoms with Gasteiger partial charge in [-0.1, -0.05) is 256 Å². The number of hydrogen-bond donors (Lipinski definition) is 3. The molecule has 66 heavy (non-hydrogen) atoms. The number of unbranched alkanes of at least 4 members (excludes halogenated alkanes) is 40. The second kappa shape index (κ2) is 55.9. The molecule has 0 heterocycles. The van der Waals surface area contributed by atoms with E-state index in [-0.39, 0.29) is 18.5 Å². The minimum absolute atomic E-state index is 0.00336. The highest BCUT2D eigenvalue weighted by molar-refractivity contribution is 5.76. The number of aliphatic hydroxyl groups is 2. The van der Waals surface area contributed by atoms with Gasteiger partial charge in [-0.15, -0.1) is 0 Å². The number of hydrogen-bond acceptors (Lipinski definition) is 5. The molecule has 0 bridgehead atoms. The van der Waals surface area contributed by atoms with Gasteiger partial charge in [0.05, 0.1) is 25.4 Å². The van der Waals surface area contributed by atoms with Crippen LogP contribution in [0.15, 0.2) is 24.3 Å². The number of allylic oxidation sites excluding steroid dienone is 4. The number of amides is 1. The molecule has 0 saturated carbocycles. The summed E-state index contributed by atoms with van der Waals surface area (Å²) in [5.41, 5.74) is 0. The van der Waals surface area contributed by atoms with Crippen LogP contribution in [0, 0.1) is 0 Å². The molecule has 0 radical (unpaired) electrons. The van der Waals surface area contributed by atoms with Gasteiger partial charge in [0.1, 0.15) is 0 Å². The van der Waals surface area contributed by atoms with Gasteiger partial charge in [0, 0.05) is 12.8 Å². The summed E-state index contributed by atoms with van der Waals surface area (Å²) in [4.78, 5) is 24.4. The molecular formula is C60H115NO5. The Balaban J connectivity index is 3.39.